The molecule has 0 bridgehead atoms. The summed E-state index contributed by atoms with van der Waals surface area (Å²) < 4.78 is 27.7. The van der Waals surface area contributed by atoms with Crippen molar-refractivity contribution in [1.82, 2.24) is 9.62 Å². The highest BCUT2D eigenvalue weighted by molar-refractivity contribution is 7.89. The molecule has 0 aliphatic carbocycles. The molecule has 30 heavy (non-hydrogen) atoms. The van der Waals surface area contributed by atoms with Crippen molar-refractivity contribution in [3.63, 3.8) is 0 Å². The van der Waals surface area contributed by atoms with Gasteiger partial charge in [-0.2, -0.15) is 4.31 Å². The maximum Gasteiger partial charge on any atom is 0.251 e. The van der Waals surface area contributed by atoms with Crippen molar-refractivity contribution in [3.05, 3.63) is 64.7 Å². The zero-order chi connectivity index (χ0) is 21.7. The predicted molar refractivity (Wildman–Crippen MR) is 120 cm³/mol. The molecule has 162 valence electrons. The number of carbonyl (C=O) groups is 1. The molecule has 2 aromatic rings. The fourth-order valence-corrected chi connectivity index (χ4v) is 5.44. The number of sulfonamides is 1. The third-order valence-electron chi connectivity index (χ3n) is 5.95. The van der Waals surface area contributed by atoms with Crippen LogP contribution in [0, 0.1) is 13.8 Å². The van der Waals surface area contributed by atoms with Gasteiger partial charge in [-0.15, -0.1) is 0 Å². The minimum absolute atomic E-state index is 0.123. The summed E-state index contributed by atoms with van der Waals surface area (Å²) >= 11 is 0. The molecule has 2 aromatic carbocycles. The van der Waals surface area contributed by atoms with Crippen LogP contribution in [0.3, 0.4) is 0 Å². The van der Waals surface area contributed by atoms with Crippen LogP contribution in [0.2, 0.25) is 0 Å². The van der Waals surface area contributed by atoms with E-state index in [0.717, 1.165) is 37.7 Å². The van der Waals surface area contributed by atoms with Gasteiger partial charge in [0, 0.05) is 18.7 Å². The Kier molecular flexibility index (Phi) is 7.32. The minimum Gasteiger partial charge on any atom is -0.345 e. The molecule has 3 rings (SSSR count). The molecule has 5 nitrogen and oxygen atoms in total. The lowest BCUT2D eigenvalue weighted by Crippen LogP contribution is -2.32. The van der Waals surface area contributed by atoms with Crippen LogP contribution in [-0.2, 0) is 10.0 Å². The predicted octanol–water partition coefficient (Wildman–Crippen LogP) is 4.75. The van der Waals surface area contributed by atoms with Crippen LogP contribution in [0.5, 0.6) is 0 Å². The van der Waals surface area contributed by atoms with Gasteiger partial charge in [0.1, 0.15) is 0 Å². The number of nitrogens with one attached hydrogen (secondary N) is 1. The number of hydrogen-bond donors (Lipinski definition) is 1. The van der Waals surface area contributed by atoms with Crippen molar-refractivity contribution in [2.45, 2.75) is 63.8 Å². The monoisotopic (exact) mass is 428 g/mol. The molecule has 1 amide bonds. The maximum atomic E-state index is 13.1. The van der Waals surface area contributed by atoms with E-state index in [1.165, 1.54) is 17.2 Å². The van der Waals surface area contributed by atoms with Gasteiger partial charge < -0.3 is 5.32 Å². The first-order chi connectivity index (χ1) is 14.3. The van der Waals surface area contributed by atoms with E-state index in [9.17, 15) is 13.2 Å². The molecule has 0 radical (unpaired) electrons. The average Bonchev–Trinajstić information content (AvgIpc) is 3.04. The topological polar surface area (TPSA) is 66.5 Å². The second-order valence-corrected chi connectivity index (χ2v) is 10.1. The van der Waals surface area contributed by atoms with E-state index < -0.39 is 10.0 Å². The summed E-state index contributed by atoms with van der Waals surface area (Å²) in [5.41, 5.74) is 3.83. The second kappa shape index (κ2) is 9.75. The van der Waals surface area contributed by atoms with Crippen molar-refractivity contribution >= 4 is 15.9 Å². The van der Waals surface area contributed by atoms with E-state index in [4.69, 9.17) is 0 Å². The fraction of sp³-hybridized carbons (Fsp3) is 0.458. The molecule has 1 N–H and O–H groups in total. The Balaban J connectivity index is 1.80. The van der Waals surface area contributed by atoms with Gasteiger partial charge in [-0.05, 0) is 68.0 Å². The minimum atomic E-state index is -3.58. The van der Waals surface area contributed by atoms with Gasteiger partial charge >= 0.3 is 0 Å². The Morgan fingerprint density at radius 2 is 1.70 bits per heavy atom. The molecule has 0 unspecified atom stereocenters. The lowest BCUT2D eigenvalue weighted by Gasteiger charge is -2.21. The molecule has 1 aliphatic rings. The number of rotatable bonds is 6. The molecular weight excluding hydrogens is 396 g/mol. The molecule has 1 saturated heterocycles. The molecule has 1 heterocycles. The van der Waals surface area contributed by atoms with E-state index in [1.807, 2.05) is 13.0 Å². The molecule has 6 heteroatoms. The van der Waals surface area contributed by atoms with Crippen LogP contribution in [0.25, 0.3) is 0 Å². The summed E-state index contributed by atoms with van der Waals surface area (Å²) in [6, 6.07) is 12.5. The van der Waals surface area contributed by atoms with Gasteiger partial charge in [0.05, 0.1) is 10.9 Å². The van der Waals surface area contributed by atoms with E-state index in [-0.39, 0.29) is 16.8 Å². The zero-order valence-corrected chi connectivity index (χ0v) is 19.0. The first-order valence-corrected chi connectivity index (χ1v) is 12.2. The van der Waals surface area contributed by atoms with Crippen molar-refractivity contribution < 1.29 is 13.2 Å². The first kappa shape index (κ1) is 22.5. The molecule has 1 atom stereocenters. The summed E-state index contributed by atoms with van der Waals surface area (Å²) in [6.07, 6.45) is 4.64. The fourth-order valence-electron chi connectivity index (χ4n) is 3.87. The molecule has 1 fully saturated rings. The Bertz CT molecular complexity index is 993. The van der Waals surface area contributed by atoms with E-state index in [0.29, 0.717) is 18.7 Å². The lowest BCUT2D eigenvalue weighted by molar-refractivity contribution is 0.0935. The quantitative estimate of drug-likeness (QED) is 0.722. The largest absolute Gasteiger partial charge is 0.345 e. The van der Waals surface area contributed by atoms with Gasteiger partial charge in [0.2, 0.25) is 10.0 Å². The second-order valence-electron chi connectivity index (χ2n) is 8.12. The molecule has 1 aliphatic heterocycles. The van der Waals surface area contributed by atoms with Crippen molar-refractivity contribution in [2.24, 2.45) is 0 Å². The number of carbonyl (C=O) groups excluding carboxylic acids is 1. The number of benzene rings is 2. The lowest BCUT2D eigenvalue weighted by atomic mass is 9.99. The van der Waals surface area contributed by atoms with Crippen LogP contribution in [0.1, 0.15) is 72.1 Å². The molecule has 0 spiro atoms. The van der Waals surface area contributed by atoms with E-state index in [2.05, 4.69) is 31.3 Å². The average molecular weight is 429 g/mol. The van der Waals surface area contributed by atoms with Gasteiger partial charge in [-0.25, -0.2) is 8.42 Å². The highest BCUT2D eigenvalue weighted by Gasteiger charge is 2.26. The Labute approximate surface area is 180 Å². The van der Waals surface area contributed by atoms with Crippen molar-refractivity contribution in [2.75, 3.05) is 13.1 Å². The third kappa shape index (κ3) is 5.10. The van der Waals surface area contributed by atoms with Crippen LogP contribution in [0.4, 0.5) is 0 Å². The smallest absolute Gasteiger partial charge is 0.251 e. The Hall–Kier alpha value is -2.18. The standard InChI is InChI=1S/C24H32N2O3S/c1-4-23(20-13-12-18(2)19(3)16-20)25-24(27)21-10-9-11-22(17-21)30(28,29)26-14-7-5-6-8-15-26/h9-13,16-17,23H,4-8,14-15H2,1-3H3,(H,25,27)/t23-/m0/s1. The Morgan fingerprint density at radius 3 is 2.33 bits per heavy atom. The van der Waals surface area contributed by atoms with Crippen molar-refractivity contribution in [1.29, 1.82) is 0 Å². The molecular formula is C24H32N2O3S. The van der Waals surface area contributed by atoms with E-state index in [1.54, 1.807) is 22.5 Å². The summed E-state index contributed by atoms with van der Waals surface area (Å²) in [4.78, 5) is 13.1. The highest BCUT2D eigenvalue weighted by atomic mass is 32.2. The van der Waals surface area contributed by atoms with Crippen LogP contribution < -0.4 is 5.32 Å². The summed E-state index contributed by atoms with van der Waals surface area (Å²) in [5.74, 6) is -0.256. The summed E-state index contributed by atoms with van der Waals surface area (Å²) in [6.45, 7) is 7.24. The normalized spacial score (nSPS) is 16.6. The van der Waals surface area contributed by atoms with Crippen molar-refractivity contribution in [3.8, 4) is 0 Å². The number of hydrogen-bond acceptors (Lipinski definition) is 3. The van der Waals surface area contributed by atoms with Crippen LogP contribution >= 0.6 is 0 Å². The Morgan fingerprint density at radius 1 is 1.00 bits per heavy atom. The number of amides is 1. The van der Waals surface area contributed by atoms with Gasteiger partial charge in [-0.1, -0.05) is 44.0 Å². The molecule has 0 saturated carbocycles. The summed E-state index contributed by atoms with van der Waals surface area (Å²) in [5, 5.41) is 3.07. The number of nitrogens with zero attached hydrogens (tertiary/aromatic N) is 1. The van der Waals surface area contributed by atoms with Gasteiger partial charge in [0.25, 0.3) is 5.91 Å². The third-order valence-corrected chi connectivity index (χ3v) is 7.84. The van der Waals surface area contributed by atoms with Crippen LogP contribution in [0.15, 0.2) is 47.4 Å². The van der Waals surface area contributed by atoms with Crippen LogP contribution in [-0.4, -0.2) is 31.7 Å². The molecule has 0 aromatic heterocycles. The van der Waals surface area contributed by atoms with Gasteiger partial charge in [0.15, 0.2) is 0 Å². The maximum absolute atomic E-state index is 13.1. The zero-order valence-electron chi connectivity index (χ0n) is 18.1. The van der Waals surface area contributed by atoms with Gasteiger partial charge in [-0.3, -0.25) is 4.79 Å². The SMILES string of the molecule is CC[C@H](NC(=O)c1cccc(S(=O)(=O)N2CCCCCC2)c1)c1ccc(C)c(C)c1. The van der Waals surface area contributed by atoms with E-state index >= 15 is 0 Å². The first-order valence-electron chi connectivity index (χ1n) is 10.8. The highest BCUT2D eigenvalue weighted by Crippen LogP contribution is 2.23. The number of aryl methyl sites for hydroxylation is 2. The summed E-state index contributed by atoms with van der Waals surface area (Å²) in [7, 11) is -3.58.